The van der Waals surface area contributed by atoms with Gasteiger partial charge in [-0.15, -0.1) is 0 Å². The lowest BCUT2D eigenvalue weighted by Crippen LogP contribution is -2.45. The predicted octanol–water partition coefficient (Wildman–Crippen LogP) is 1.61. The maximum Gasteiger partial charge on any atom is 0.0992 e. The van der Waals surface area contributed by atoms with Gasteiger partial charge < -0.3 is 15.4 Å². The minimum atomic E-state index is 0.301. The summed E-state index contributed by atoms with van der Waals surface area (Å²) >= 11 is 6.06. The fourth-order valence-electron chi connectivity index (χ4n) is 1.71. The zero-order chi connectivity index (χ0) is 12.1. The van der Waals surface area contributed by atoms with Crippen LogP contribution in [-0.4, -0.2) is 32.3 Å². The van der Waals surface area contributed by atoms with Crippen molar-refractivity contribution in [2.45, 2.75) is 6.04 Å². The number of hydrogen-bond donors (Lipinski definition) is 2. The molecule has 1 aromatic rings. The first-order valence-corrected chi connectivity index (χ1v) is 5.92. The van der Waals surface area contributed by atoms with E-state index in [0.29, 0.717) is 23.2 Å². The number of benzene rings is 1. The fraction of sp³-hybridized carbons (Fsp3) is 0.417. The molecule has 1 saturated heterocycles. The molecule has 1 aliphatic heterocycles. The van der Waals surface area contributed by atoms with Crippen LogP contribution >= 0.6 is 11.6 Å². The number of nitrogens with one attached hydrogen (secondary N) is 2. The van der Waals surface area contributed by atoms with E-state index in [1.165, 1.54) is 0 Å². The van der Waals surface area contributed by atoms with Gasteiger partial charge in [0.25, 0.3) is 0 Å². The number of nitrogens with zero attached hydrogens (tertiary/aromatic N) is 1. The van der Waals surface area contributed by atoms with Crippen LogP contribution in [-0.2, 0) is 4.74 Å². The monoisotopic (exact) mass is 251 g/mol. The zero-order valence-electron chi connectivity index (χ0n) is 9.37. The van der Waals surface area contributed by atoms with E-state index in [1.54, 1.807) is 12.1 Å². The number of morpholine rings is 1. The standard InChI is InChI=1S/C12H14ClN3O/c13-11-5-9(6-14)1-2-12(11)16-7-10-8-17-4-3-15-10/h1-2,5,10,15-16H,3-4,7-8H2. The summed E-state index contributed by atoms with van der Waals surface area (Å²) in [6.07, 6.45) is 0. The van der Waals surface area contributed by atoms with Crippen molar-refractivity contribution < 1.29 is 4.74 Å². The minimum absolute atomic E-state index is 0.301. The van der Waals surface area contributed by atoms with Crippen LogP contribution in [0.5, 0.6) is 0 Å². The lowest BCUT2D eigenvalue weighted by atomic mass is 10.2. The van der Waals surface area contributed by atoms with Crippen molar-refractivity contribution in [2.75, 3.05) is 31.6 Å². The van der Waals surface area contributed by atoms with Gasteiger partial charge in [-0.1, -0.05) is 11.6 Å². The van der Waals surface area contributed by atoms with Crippen LogP contribution in [0.25, 0.3) is 0 Å². The summed E-state index contributed by atoms with van der Waals surface area (Å²) in [7, 11) is 0. The van der Waals surface area contributed by atoms with Crippen molar-refractivity contribution in [1.82, 2.24) is 5.32 Å². The molecule has 0 spiro atoms. The van der Waals surface area contributed by atoms with Gasteiger partial charge in [-0.05, 0) is 18.2 Å². The Labute approximate surface area is 106 Å². The van der Waals surface area contributed by atoms with Crippen LogP contribution < -0.4 is 10.6 Å². The van der Waals surface area contributed by atoms with Crippen molar-refractivity contribution in [3.8, 4) is 6.07 Å². The molecule has 17 heavy (non-hydrogen) atoms. The predicted molar refractivity (Wildman–Crippen MR) is 67.3 cm³/mol. The Morgan fingerprint density at radius 1 is 1.59 bits per heavy atom. The summed E-state index contributed by atoms with van der Waals surface area (Å²) in [5, 5.41) is 15.9. The molecule has 5 heteroatoms. The highest BCUT2D eigenvalue weighted by molar-refractivity contribution is 6.33. The number of halogens is 1. The van der Waals surface area contributed by atoms with E-state index in [2.05, 4.69) is 16.7 Å². The fourth-order valence-corrected chi connectivity index (χ4v) is 1.96. The van der Waals surface area contributed by atoms with E-state index >= 15 is 0 Å². The molecule has 0 bridgehead atoms. The van der Waals surface area contributed by atoms with Crippen LogP contribution in [0.2, 0.25) is 5.02 Å². The van der Waals surface area contributed by atoms with Crippen LogP contribution in [0.3, 0.4) is 0 Å². The summed E-state index contributed by atoms with van der Waals surface area (Å²) < 4.78 is 5.36. The third-order valence-electron chi connectivity index (χ3n) is 2.64. The van der Waals surface area contributed by atoms with Gasteiger partial charge in [0.2, 0.25) is 0 Å². The van der Waals surface area contributed by atoms with Crippen LogP contribution in [0.15, 0.2) is 18.2 Å². The lowest BCUT2D eigenvalue weighted by molar-refractivity contribution is 0.0806. The molecule has 2 N–H and O–H groups in total. The average molecular weight is 252 g/mol. The SMILES string of the molecule is N#Cc1ccc(NCC2COCCN2)c(Cl)c1. The summed E-state index contributed by atoms with van der Waals surface area (Å²) in [5.41, 5.74) is 1.41. The van der Waals surface area contributed by atoms with Crippen molar-refractivity contribution in [2.24, 2.45) is 0 Å². The smallest absolute Gasteiger partial charge is 0.0992 e. The normalized spacial score (nSPS) is 19.6. The zero-order valence-corrected chi connectivity index (χ0v) is 10.1. The molecule has 4 nitrogen and oxygen atoms in total. The molecule has 0 amide bonds. The maximum atomic E-state index is 8.73. The second kappa shape index (κ2) is 5.87. The van der Waals surface area contributed by atoms with Crippen molar-refractivity contribution in [3.63, 3.8) is 0 Å². The van der Waals surface area contributed by atoms with Crippen LogP contribution in [0.4, 0.5) is 5.69 Å². The van der Waals surface area contributed by atoms with Gasteiger partial charge in [0.15, 0.2) is 0 Å². The first-order valence-electron chi connectivity index (χ1n) is 5.54. The van der Waals surface area contributed by atoms with Gasteiger partial charge in [0.1, 0.15) is 0 Å². The topological polar surface area (TPSA) is 57.1 Å². The number of ether oxygens (including phenoxy) is 1. The maximum absolute atomic E-state index is 8.73. The second-order valence-electron chi connectivity index (χ2n) is 3.91. The molecule has 0 radical (unpaired) electrons. The molecular weight excluding hydrogens is 238 g/mol. The Kier molecular flexibility index (Phi) is 4.21. The summed E-state index contributed by atoms with van der Waals surface area (Å²) in [6, 6.07) is 7.59. The quantitative estimate of drug-likeness (QED) is 0.857. The molecule has 1 heterocycles. The largest absolute Gasteiger partial charge is 0.382 e. The summed E-state index contributed by atoms with van der Waals surface area (Å²) in [4.78, 5) is 0. The highest BCUT2D eigenvalue weighted by Gasteiger charge is 2.12. The molecule has 1 fully saturated rings. The van der Waals surface area contributed by atoms with E-state index in [4.69, 9.17) is 21.6 Å². The molecule has 0 aromatic heterocycles. The number of anilines is 1. The van der Waals surface area contributed by atoms with Gasteiger partial charge in [-0.3, -0.25) is 0 Å². The van der Waals surface area contributed by atoms with E-state index in [0.717, 1.165) is 25.4 Å². The van der Waals surface area contributed by atoms with Gasteiger partial charge in [-0.2, -0.15) is 5.26 Å². The van der Waals surface area contributed by atoms with E-state index in [-0.39, 0.29) is 0 Å². The third kappa shape index (κ3) is 3.34. The molecule has 1 unspecified atom stereocenters. The van der Waals surface area contributed by atoms with Crippen molar-refractivity contribution in [3.05, 3.63) is 28.8 Å². The van der Waals surface area contributed by atoms with Crippen LogP contribution in [0, 0.1) is 11.3 Å². The molecule has 90 valence electrons. The molecule has 2 rings (SSSR count). The molecule has 1 aliphatic rings. The van der Waals surface area contributed by atoms with Gasteiger partial charge >= 0.3 is 0 Å². The Morgan fingerprint density at radius 2 is 2.47 bits per heavy atom. The first-order chi connectivity index (χ1) is 8.29. The number of nitriles is 1. The molecule has 1 aromatic carbocycles. The van der Waals surface area contributed by atoms with E-state index in [1.807, 2.05) is 6.07 Å². The number of rotatable bonds is 3. The average Bonchev–Trinajstić information content (AvgIpc) is 2.38. The Bertz CT molecular complexity index is 424. The Morgan fingerprint density at radius 3 is 3.12 bits per heavy atom. The molecule has 1 atom stereocenters. The second-order valence-corrected chi connectivity index (χ2v) is 4.32. The van der Waals surface area contributed by atoms with Gasteiger partial charge in [-0.25, -0.2) is 0 Å². The van der Waals surface area contributed by atoms with E-state index < -0.39 is 0 Å². The van der Waals surface area contributed by atoms with Crippen LogP contribution in [0.1, 0.15) is 5.56 Å². The first kappa shape index (κ1) is 12.2. The van der Waals surface area contributed by atoms with Crippen molar-refractivity contribution in [1.29, 1.82) is 5.26 Å². The summed E-state index contributed by atoms with van der Waals surface area (Å²) in [5.74, 6) is 0. The van der Waals surface area contributed by atoms with Gasteiger partial charge in [0, 0.05) is 19.1 Å². The number of hydrogen-bond acceptors (Lipinski definition) is 4. The highest BCUT2D eigenvalue weighted by Crippen LogP contribution is 2.22. The lowest BCUT2D eigenvalue weighted by Gasteiger charge is -2.24. The highest BCUT2D eigenvalue weighted by atomic mass is 35.5. The summed E-state index contributed by atoms with van der Waals surface area (Å²) in [6.45, 7) is 3.12. The minimum Gasteiger partial charge on any atom is -0.382 e. The van der Waals surface area contributed by atoms with E-state index in [9.17, 15) is 0 Å². The Balaban J connectivity index is 1.92. The van der Waals surface area contributed by atoms with Gasteiger partial charge in [0.05, 0.1) is 35.6 Å². The Hall–Kier alpha value is -1.28. The molecular formula is C12H14ClN3O. The third-order valence-corrected chi connectivity index (χ3v) is 2.95. The molecule has 0 saturated carbocycles. The molecule has 0 aliphatic carbocycles. The van der Waals surface area contributed by atoms with Crippen molar-refractivity contribution >= 4 is 17.3 Å².